The van der Waals surface area contributed by atoms with Crippen LogP contribution in [0.25, 0.3) is 0 Å². The lowest BCUT2D eigenvalue weighted by Crippen LogP contribution is -2.26. The number of nitrogens with zero attached hydrogens (tertiary/aromatic N) is 1. The summed E-state index contributed by atoms with van der Waals surface area (Å²) >= 11 is 4.84. The van der Waals surface area contributed by atoms with Crippen molar-refractivity contribution in [3.8, 4) is 6.07 Å². The van der Waals surface area contributed by atoms with Gasteiger partial charge in [0.05, 0.1) is 10.4 Å². The van der Waals surface area contributed by atoms with Crippen molar-refractivity contribution in [2.75, 3.05) is 5.32 Å². The van der Waals surface area contributed by atoms with Crippen LogP contribution in [0, 0.1) is 22.7 Å². The van der Waals surface area contributed by atoms with Gasteiger partial charge in [0.1, 0.15) is 11.1 Å². The van der Waals surface area contributed by atoms with Crippen LogP contribution in [0.2, 0.25) is 0 Å². The smallest absolute Gasteiger partial charge is 0.238 e. The van der Waals surface area contributed by atoms with Gasteiger partial charge in [-0.25, -0.2) is 0 Å². The van der Waals surface area contributed by atoms with Crippen LogP contribution in [-0.2, 0) is 17.6 Å². The maximum Gasteiger partial charge on any atom is 0.238 e. The maximum atomic E-state index is 11.9. The molecule has 5 heteroatoms. The molecule has 1 amide bonds. The normalized spacial score (nSPS) is 19.5. The van der Waals surface area contributed by atoms with Crippen molar-refractivity contribution >= 4 is 38.2 Å². The molecular formula is C16H21BrN2OS. The van der Waals surface area contributed by atoms with Crippen molar-refractivity contribution in [2.24, 2.45) is 11.3 Å². The number of halogens is 1. The van der Waals surface area contributed by atoms with Gasteiger partial charge in [0, 0.05) is 4.88 Å². The summed E-state index contributed by atoms with van der Waals surface area (Å²) in [5.74, 6) is 0.534. The lowest BCUT2D eigenvalue weighted by atomic mass is 9.72. The summed E-state index contributed by atoms with van der Waals surface area (Å²) in [5, 5.41) is 13.0. The summed E-state index contributed by atoms with van der Waals surface area (Å²) < 4.78 is 0. The van der Waals surface area contributed by atoms with E-state index in [2.05, 4.69) is 48.1 Å². The number of carbonyl (C=O) groups excluding carboxylic acids is 1. The number of hydrogen-bond acceptors (Lipinski definition) is 3. The standard InChI is InChI=1S/C16H21BrN2OS/c1-9(17)14(20)19-15-12(8-18)11-6-5-10(16(2,3)4)7-13(11)21-15/h9-10H,5-7H2,1-4H3,(H,19,20). The molecule has 1 N–H and O–H groups in total. The van der Waals surface area contributed by atoms with E-state index < -0.39 is 0 Å². The van der Waals surface area contributed by atoms with Crippen LogP contribution < -0.4 is 5.32 Å². The van der Waals surface area contributed by atoms with Crippen LogP contribution in [0.3, 0.4) is 0 Å². The van der Waals surface area contributed by atoms with Crippen molar-refractivity contribution in [1.82, 2.24) is 0 Å². The Morgan fingerprint density at radius 3 is 2.71 bits per heavy atom. The Balaban J connectivity index is 2.30. The maximum absolute atomic E-state index is 11.9. The fourth-order valence-electron chi connectivity index (χ4n) is 2.74. The highest BCUT2D eigenvalue weighted by molar-refractivity contribution is 9.10. The molecule has 0 saturated carbocycles. The van der Waals surface area contributed by atoms with E-state index in [4.69, 9.17) is 0 Å². The molecule has 0 aliphatic heterocycles. The van der Waals surface area contributed by atoms with Gasteiger partial charge in [0.15, 0.2) is 0 Å². The summed E-state index contributed by atoms with van der Waals surface area (Å²) in [6.07, 6.45) is 3.07. The SMILES string of the molecule is CC(Br)C(=O)Nc1sc2c(c1C#N)CCC(C(C)(C)C)C2. The highest BCUT2D eigenvalue weighted by Crippen LogP contribution is 2.44. The number of alkyl halides is 1. The van der Waals surface area contributed by atoms with E-state index in [0.29, 0.717) is 16.5 Å². The number of rotatable bonds is 2. The monoisotopic (exact) mass is 368 g/mol. The molecule has 1 aromatic heterocycles. The molecule has 1 heterocycles. The van der Waals surface area contributed by atoms with Gasteiger partial charge >= 0.3 is 0 Å². The van der Waals surface area contributed by atoms with E-state index in [1.165, 1.54) is 4.88 Å². The Kier molecular flexibility index (Phi) is 4.79. The van der Waals surface area contributed by atoms with E-state index in [1.54, 1.807) is 18.3 Å². The van der Waals surface area contributed by atoms with Crippen molar-refractivity contribution in [2.45, 2.75) is 51.8 Å². The van der Waals surface area contributed by atoms with Crippen LogP contribution in [-0.4, -0.2) is 10.7 Å². The molecule has 0 bridgehead atoms. The zero-order chi connectivity index (χ0) is 15.8. The van der Waals surface area contributed by atoms with Crippen LogP contribution in [0.4, 0.5) is 5.00 Å². The first-order valence-corrected chi connectivity index (χ1v) is 8.96. The van der Waals surface area contributed by atoms with Crippen LogP contribution in [0.5, 0.6) is 0 Å². The lowest BCUT2D eigenvalue weighted by molar-refractivity contribution is -0.115. The van der Waals surface area contributed by atoms with Crippen molar-refractivity contribution in [3.05, 3.63) is 16.0 Å². The largest absolute Gasteiger partial charge is 0.316 e. The minimum absolute atomic E-state index is 0.0996. The second-order valence-corrected chi connectivity index (χ2v) is 9.21. The molecule has 114 valence electrons. The predicted molar refractivity (Wildman–Crippen MR) is 91.0 cm³/mol. The molecule has 0 aromatic carbocycles. The van der Waals surface area contributed by atoms with Crippen molar-refractivity contribution in [3.63, 3.8) is 0 Å². The van der Waals surface area contributed by atoms with Gasteiger partial charge < -0.3 is 5.32 Å². The lowest BCUT2D eigenvalue weighted by Gasteiger charge is -2.33. The topological polar surface area (TPSA) is 52.9 Å². The summed E-state index contributed by atoms with van der Waals surface area (Å²) in [7, 11) is 0. The number of amides is 1. The molecule has 2 rings (SSSR count). The number of thiophene rings is 1. The van der Waals surface area contributed by atoms with E-state index in [9.17, 15) is 10.1 Å². The van der Waals surface area contributed by atoms with E-state index >= 15 is 0 Å². The summed E-state index contributed by atoms with van der Waals surface area (Å²) in [6, 6.07) is 2.28. The molecule has 0 radical (unpaired) electrons. The first-order valence-electron chi connectivity index (χ1n) is 7.23. The highest BCUT2D eigenvalue weighted by atomic mass is 79.9. The third-order valence-corrected chi connectivity index (χ3v) is 5.79. The molecule has 1 aromatic rings. The Morgan fingerprint density at radius 1 is 1.52 bits per heavy atom. The average Bonchev–Trinajstić information content (AvgIpc) is 2.73. The summed E-state index contributed by atoms with van der Waals surface area (Å²) in [4.78, 5) is 12.9. The number of nitrogens with one attached hydrogen (secondary N) is 1. The third kappa shape index (κ3) is 3.49. The first-order chi connectivity index (χ1) is 9.74. The molecule has 3 nitrogen and oxygen atoms in total. The minimum atomic E-state index is -0.259. The number of hydrogen-bond donors (Lipinski definition) is 1. The Morgan fingerprint density at radius 2 is 2.19 bits per heavy atom. The van der Waals surface area contributed by atoms with E-state index in [1.807, 2.05) is 0 Å². The Bertz CT molecular complexity index is 593. The quantitative estimate of drug-likeness (QED) is 0.781. The Labute approximate surface area is 138 Å². The summed E-state index contributed by atoms with van der Waals surface area (Å²) in [6.45, 7) is 8.61. The van der Waals surface area contributed by atoms with Gasteiger partial charge in [0.25, 0.3) is 0 Å². The Hall–Kier alpha value is -0.860. The molecule has 21 heavy (non-hydrogen) atoms. The van der Waals surface area contributed by atoms with E-state index in [0.717, 1.165) is 24.8 Å². The second-order valence-electron chi connectivity index (χ2n) is 6.73. The van der Waals surface area contributed by atoms with Gasteiger partial charge in [-0.05, 0) is 43.1 Å². The second kappa shape index (κ2) is 6.10. The van der Waals surface area contributed by atoms with Gasteiger partial charge in [-0.1, -0.05) is 36.7 Å². The van der Waals surface area contributed by atoms with Crippen LogP contribution >= 0.6 is 27.3 Å². The molecule has 0 saturated heterocycles. The number of anilines is 1. The summed E-state index contributed by atoms with van der Waals surface area (Å²) in [5.41, 5.74) is 2.10. The van der Waals surface area contributed by atoms with Gasteiger partial charge in [0.2, 0.25) is 5.91 Å². The number of nitriles is 1. The van der Waals surface area contributed by atoms with Crippen LogP contribution in [0.15, 0.2) is 0 Å². The van der Waals surface area contributed by atoms with Gasteiger partial charge in [-0.2, -0.15) is 5.26 Å². The predicted octanol–water partition coefficient (Wildman–Crippen LogP) is 4.49. The van der Waals surface area contributed by atoms with Gasteiger partial charge in [-0.3, -0.25) is 4.79 Å². The molecule has 2 atom stereocenters. The fourth-order valence-corrected chi connectivity index (χ4v) is 4.14. The number of fused-ring (bicyclic) bond motifs is 1. The molecule has 0 spiro atoms. The minimum Gasteiger partial charge on any atom is -0.316 e. The van der Waals surface area contributed by atoms with E-state index in [-0.39, 0.29) is 16.1 Å². The van der Waals surface area contributed by atoms with Crippen molar-refractivity contribution < 1.29 is 4.79 Å². The average molecular weight is 369 g/mol. The fraction of sp³-hybridized carbons (Fsp3) is 0.625. The molecular weight excluding hydrogens is 348 g/mol. The van der Waals surface area contributed by atoms with Crippen LogP contribution in [0.1, 0.15) is 50.1 Å². The van der Waals surface area contributed by atoms with Gasteiger partial charge in [-0.15, -0.1) is 11.3 Å². The first kappa shape index (κ1) is 16.5. The third-order valence-electron chi connectivity index (χ3n) is 4.20. The molecule has 1 aliphatic carbocycles. The highest BCUT2D eigenvalue weighted by Gasteiger charge is 2.32. The zero-order valence-electron chi connectivity index (χ0n) is 12.9. The molecule has 1 aliphatic rings. The zero-order valence-corrected chi connectivity index (χ0v) is 15.3. The number of carbonyl (C=O) groups is 1. The molecule has 0 fully saturated rings. The molecule has 2 unspecified atom stereocenters. The van der Waals surface area contributed by atoms with Crippen molar-refractivity contribution in [1.29, 1.82) is 5.26 Å².